The van der Waals surface area contributed by atoms with Gasteiger partial charge in [-0.2, -0.15) is 5.10 Å². The lowest BCUT2D eigenvalue weighted by Crippen LogP contribution is -2.18. The van der Waals surface area contributed by atoms with Crippen molar-refractivity contribution in [1.82, 2.24) is 4.98 Å². The first-order valence-electron chi connectivity index (χ1n) is 5.81. The third kappa shape index (κ3) is 2.96. The molecule has 1 heterocycles. The van der Waals surface area contributed by atoms with Crippen LogP contribution >= 0.6 is 11.9 Å². The summed E-state index contributed by atoms with van der Waals surface area (Å²) in [7, 11) is 0. The van der Waals surface area contributed by atoms with Crippen LogP contribution in [0.1, 0.15) is 15.9 Å². The maximum Gasteiger partial charge on any atom is 0.335 e. The van der Waals surface area contributed by atoms with Crippen LogP contribution in [0, 0.1) is 0 Å². The second kappa shape index (κ2) is 6.25. The second-order valence-electron chi connectivity index (χ2n) is 4.05. The van der Waals surface area contributed by atoms with Gasteiger partial charge in [0.05, 0.1) is 11.1 Å². The molecule has 0 saturated carbocycles. The summed E-state index contributed by atoms with van der Waals surface area (Å²) in [6.45, 7) is 0. The molecule has 0 fully saturated rings. The topological polar surface area (TPSA) is 141 Å². The number of pyridine rings is 1. The van der Waals surface area contributed by atoms with Crippen LogP contribution in [0.5, 0.6) is 0 Å². The normalized spacial score (nSPS) is 11.4. The monoisotopic (exact) mass is 303 g/mol. The number of hydrazone groups is 1. The fourth-order valence-electron chi connectivity index (χ4n) is 1.88. The predicted molar refractivity (Wildman–Crippen MR) is 81.6 cm³/mol. The molecule has 0 bridgehead atoms. The lowest BCUT2D eigenvalue weighted by molar-refractivity contribution is 0.0697. The molecule has 0 amide bonds. The van der Waals surface area contributed by atoms with Crippen molar-refractivity contribution in [3.8, 4) is 11.1 Å². The Bertz CT molecular complexity index is 700. The minimum Gasteiger partial charge on any atom is -0.478 e. The zero-order chi connectivity index (χ0) is 15.4. The van der Waals surface area contributed by atoms with Crippen molar-refractivity contribution in [3.63, 3.8) is 0 Å². The van der Waals surface area contributed by atoms with E-state index in [1.54, 1.807) is 24.4 Å². The highest BCUT2D eigenvalue weighted by Crippen LogP contribution is 2.28. The van der Waals surface area contributed by atoms with Gasteiger partial charge in [-0.05, 0) is 41.3 Å². The minimum atomic E-state index is -0.988. The lowest BCUT2D eigenvalue weighted by atomic mass is 10.00. The van der Waals surface area contributed by atoms with Gasteiger partial charge in [0.1, 0.15) is 5.03 Å². The Labute approximate surface area is 125 Å². The third-order valence-corrected chi connectivity index (χ3v) is 3.40. The number of nitrogens with zero attached hydrogens (tertiary/aromatic N) is 2. The first kappa shape index (κ1) is 14.8. The molecular weight excluding hydrogens is 290 g/mol. The SMILES string of the molecule is N/N=C(\N)c1c(-c2ccc(C(=O)O)cc2)ccnc1SN. The average Bonchev–Trinajstić information content (AvgIpc) is 2.53. The standard InChI is InChI=1S/C13H13N5O2S/c14-11(18-15)10-9(5-6-17-12(10)21-16)7-1-3-8(4-2-7)13(19)20/h1-6H,15-16H2,(H2,14,18)(H,19,20). The number of amidine groups is 1. The van der Waals surface area contributed by atoms with Crippen molar-refractivity contribution in [1.29, 1.82) is 0 Å². The number of nitrogens with two attached hydrogens (primary N) is 3. The third-order valence-electron chi connectivity index (χ3n) is 2.87. The molecule has 0 unspecified atom stereocenters. The highest BCUT2D eigenvalue weighted by molar-refractivity contribution is 7.97. The van der Waals surface area contributed by atoms with Gasteiger partial charge in [0.15, 0.2) is 5.84 Å². The van der Waals surface area contributed by atoms with E-state index in [4.69, 9.17) is 21.8 Å². The van der Waals surface area contributed by atoms with Crippen LogP contribution in [0.3, 0.4) is 0 Å². The summed E-state index contributed by atoms with van der Waals surface area (Å²) in [4.78, 5) is 15.0. The van der Waals surface area contributed by atoms with Crippen molar-refractivity contribution in [2.24, 2.45) is 21.8 Å². The number of carboxylic acid groups (broad SMARTS) is 1. The van der Waals surface area contributed by atoms with Gasteiger partial charge in [-0.3, -0.25) is 5.14 Å². The van der Waals surface area contributed by atoms with Crippen molar-refractivity contribution < 1.29 is 9.90 Å². The van der Waals surface area contributed by atoms with Gasteiger partial charge in [0.25, 0.3) is 0 Å². The minimum absolute atomic E-state index is 0.105. The van der Waals surface area contributed by atoms with E-state index in [-0.39, 0.29) is 11.4 Å². The molecule has 0 spiro atoms. The first-order valence-corrected chi connectivity index (χ1v) is 6.69. The molecule has 108 valence electrons. The number of aromatic carboxylic acids is 1. The van der Waals surface area contributed by atoms with E-state index in [0.29, 0.717) is 10.6 Å². The molecule has 0 aliphatic heterocycles. The van der Waals surface area contributed by atoms with Gasteiger partial charge in [-0.15, -0.1) is 0 Å². The van der Waals surface area contributed by atoms with Crippen molar-refractivity contribution in [2.75, 3.05) is 0 Å². The van der Waals surface area contributed by atoms with Gasteiger partial charge in [-0.1, -0.05) is 12.1 Å². The summed E-state index contributed by atoms with van der Waals surface area (Å²) >= 11 is 0.934. The van der Waals surface area contributed by atoms with Crippen LogP contribution in [0.25, 0.3) is 11.1 Å². The Morgan fingerprint density at radius 3 is 2.43 bits per heavy atom. The van der Waals surface area contributed by atoms with Crippen molar-refractivity contribution in [3.05, 3.63) is 47.7 Å². The number of aromatic nitrogens is 1. The average molecular weight is 303 g/mol. The maximum atomic E-state index is 10.9. The number of hydrogen-bond donors (Lipinski definition) is 4. The smallest absolute Gasteiger partial charge is 0.335 e. The van der Waals surface area contributed by atoms with E-state index >= 15 is 0 Å². The Morgan fingerprint density at radius 2 is 1.90 bits per heavy atom. The largest absolute Gasteiger partial charge is 0.478 e. The van der Waals surface area contributed by atoms with Crippen LogP contribution in [-0.4, -0.2) is 21.9 Å². The van der Waals surface area contributed by atoms with Gasteiger partial charge in [-0.25, -0.2) is 9.78 Å². The van der Waals surface area contributed by atoms with Crippen molar-refractivity contribution in [2.45, 2.75) is 5.03 Å². The number of carbonyl (C=O) groups is 1. The molecule has 7 nitrogen and oxygen atoms in total. The Morgan fingerprint density at radius 1 is 1.24 bits per heavy atom. The molecule has 21 heavy (non-hydrogen) atoms. The number of benzene rings is 1. The molecule has 7 N–H and O–H groups in total. The molecule has 1 aromatic heterocycles. The Kier molecular flexibility index (Phi) is 4.41. The summed E-state index contributed by atoms with van der Waals surface area (Å²) < 4.78 is 0. The van der Waals surface area contributed by atoms with E-state index in [1.165, 1.54) is 12.1 Å². The molecule has 2 aromatic rings. The quantitative estimate of drug-likeness (QED) is 0.217. The van der Waals surface area contributed by atoms with Crippen LogP contribution in [-0.2, 0) is 0 Å². The highest BCUT2D eigenvalue weighted by Gasteiger charge is 2.15. The van der Waals surface area contributed by atoms with Crippen LogP contribution in [0.15, 0.2) is 46.7 Å². The molecular formula is C13H13N5O2S. The lowest BCUT2D eigenvalue weighted by Gasteiger charge is -2.12. The molecule has 8 heteroatoms. The number of carboxylic acids is 1. The van der Waals surface area contributed by atoms with E-state index in [9.17, 15) is 4.79 Å². The highest BCUT2D eigenvalue weighted by atomic mass is 32.2. The fraction of sp³-hybridized carbons (Fsp3) is 0. The number of rotatable bonds is 4. The fourth-order valence-corrected chi connectivity index (χ4v) is 2.33. The Hall–Kier alpha value is -2.58. The van der Waals surface area contributed by atoms with Crippen LogP contribution in [0.4, 0.5) is 0 Å². The molecule has 0 atom stereocenters. The van der Waals surface area contributed by atoms with Gasteiger partial charge in [0.2, 0.25) is 0 Å². The molecule has 0 saturated heterocycles. The summed E-state index contributed by atoms with van der Waals surface area (Å²) in [6, 6.07) is 8.11. The summed E-state index contributed by atoms with van der Waals surface area (Å²) in [5, 5.41) is 18.5. The summed E-state index contributed by atoms with van der Waals surface area (Å²) in [5.74, 6) is 4.36. The van der Waals surface area contributed by atoms with E-state index in [0.717, 1.165) is 23.1 Å². The van der Waals surface area contributed by atoms with Gasteiger partial charge in [0, 0.05) is 6.20 Å². The predicted octanol–water partition coefficient (Wildman–Crippen LogP) is 0.992. The summed E-state index contributed by atoms with van der Waals surface area (Å²) in [5.41, 5.74) is 8.02. The molecule has 0 aliphatic carbocycles. The van der Waals surface area contributed by atoms with Crippen molar-refractivity contribution >= 4 is 23.8 Å². The van der Waals surface area contributed by atoms with Crippen LogP contribution < -0.4 is 16.7 Å². The van der Waals surface area contributed by atoms with E-state index < -0.39 is 5.97 Å². The molecule has 0 aliphatic rings. The Balaban J connectivity index is 2.60. The molecule has 2 rings (SSSR count). The zero-order valence-corrected chi connectivity index (χ0v) is 11.7. The van der Waals surface area contributed by atoms with Gasteiger partial charge < -0.3 is 16.7 Å². The molecule has 0 radical (unpaired) electrons. The zero-order valence-electron chi connectivity index (χ0n) is 10.9. The van der Waals surface area contributed by atoms with Gasteiger partial charge >= 0.3 is 5.97 Å². The first-order chi connectivity index (χ1) is 10.1. The van der Waals surface area contributed by atoms with E-state index in [1.807, 2.05) is 0 Å². The number of hydrogen-bond acceptors (Lipinski definition) is 6. The molecule has 1 aromatic carbocycles. The second-order valence-corrected chi connectivity index (χ2v) is 4.68. The maximum absolute atomic E-state index is 10.9. The van der Waals surface area contributed by atoms with Crippen LogP contribution in [0.2, 0.25) is 0 Å². The van der Waals surface area contributed by atoms with E-state index in [2.05, 4.69) is 10.1 Å². The summed E-state index contributed by atoms with van der Waals surface area (Å²) in [6.07, 6.45) is 1.59.